The average Bonchev–Trinajstić information content (AvgIpc) is 3.07. The third-order valence-corrected chi connectivity index (χ3v) is 3.30. The van der Waals surface area contributed by atoms with Gasteiger partial charge in [0.05, 0.1) is 6.54 Å². The van der Waals surface area contributed by atoms with Gasteiger partial charge in [0, 0.05) is 19.0 Å². The van der Waals surface area contributed by atoms with E-state index in [4.69, 9.17) is 0 Å². The van der Waals surface area contributed by atoms with E-state index in [0.29, 0.717) is 5.92 Å². The Morgan fingerprint density at radius 2 is 2.19 bits per heavy atom. The van der Waals surface area contributed by atoms with Gasteiger partial charge in [-0.25, -0.2) is 4.98 Å². The summed E-state index contributed by atoms with van der Waals surface area (Å²) in [5, 5.41) is 10.8. The minimum Gasteiger partial charge on any atom is -0.315 e. The van der Waals surface area contributed by atoms with Crippen LogP contribution in [0, 0.1) is 0 Å². The Morgan fingerprint density at radius 1 is 1.25 bits per heavy atom. The van der Waals surface area contributed by atoms with Crippen molar-refractivity contribution >= 4 is 0 Å². The molecule has 1 aliphatic carbocycles. The summed E-state index contributed by atoms with van der Waals surface area (Å²) in [6.45, 7) is 5.41. The fraction of sp³-hybridized carbons (Fsp3) is 0.818. The smallest absolute Gasteiger partial charge is 0.153 e. The van der Waals surface area contributed by atoms with Gasteiger partial charge in [-0.1, -0.05) is 0 Å². The summed E-state index contributed by atoms with van der Waals surface area (Å²) < 4.78 is 0. The predicted octanol–water partition coefficient (Wildman–Crippen LogP) is 0.477. The monoisotopic (exact) mass is 221 g/mol. The molecule has 1 saturated heterocycles. The van der Waals surface area contributed by atoms with E-state index < -0.39 is 0 Å². The third-order valence-electron chi connectivity index (χ3n) is 3.30. The summed E-state index contributed by atoms with van der Waals surface area (Å²) in [6, 6.07) is 0. The Kier molecular flexibility index (Phi) is 2.88. The highest BCUT2D eigenvalue weighted by Gasteiger charge is 2.27. The van der Waals surface area contributed by atoms with Crippen molar-refractivity contribution < 1.29 is 0 Å². The van der Waals surface area contributed by atoms with E-state index in [1.807, 2.05) is 0 Å². The first kappa shape index (κ1) is 10.2. The quantitative estimate of drug-likeness (QED) is 0.779. The first-order chi connectivity index (χ1) is 7.92. The molecule has 0 spiro atoms. The first-order valence-electron chi connectivity index (χ1n) is 6.26. The molecule has 2 N–H and O–H groups in total. The van der Waals surface area contributed by atoms with Crippen molar-refractivity contribution in [3.8, 4) is 0 Å². The summed E-state index contributed by atoms with van der Waals surface area (Å²) >= 11 is 0. The van der Waals surface area contributed by atoms with Crippen LogP contribution < -0.4 is 5.32 Å². The third kappa shape index (κ3) is 2.41. The molecule has 5 heteroatoms. The molecule has 0 radical (unpaired) electrons. The van der Waals surface area contributed by atoms with Gasteiger partial charge in [-0.05, 0) is 32.4 Å². The summed E-state index contributed by atoms with van der Waals surface area (Å²) in [5.74, 6) is 2.71. The Balaban J connectivity index is 1.58. The van der Waals surface area contributed by atoms with Crippen molar-refractivity contribution in [3.63, 3.8) is 0 Å². The molecule has 88 valence electrons. The standard InChI is InChI=1S/C11H19N5/c1-4-12-5-7-16(6-1)8-10-13-11(15-14-10)9-2-3-9/h9,12H,1-8H2,(H,13,14,15). The van der Waals surface area contributed by atoms with Gasteiger partial charge in [-0.2, -0.15) is 5.10 Å². The molecular formula is C11H19N5. The molecule has 3 rings (SSSR count). The van der Waals surface area contributed by atoms with Crippen molar-refractivity contribution in [2.24, 2.45) is 0 Å². The van der Waals surface area contributed by atoms with Gasteiger partial charge < -0.3 is 5.32 Å². The van der Waals surface area contributed by atoms with Crippen molar-refractivity contribution in [3.05, 3.63) is 11.6 Å². The van der Waals surface area contributed by atoms with Gasteiger partial charge in [0.15, 0.2) is 5.82 Å². The molecule has 0 unspecified atom stereocenters. The van der Waals surface area contributed by atoms with E-state index in [1.165, 1.54) is 19.3 Å². The number of nitrogens with zero attached hydrogens (tertiary/aromatic N) is 3. The summed E-state index contributed by atoms with van der Waals surface area (Å²) in [6.07, 6.45) is 3.76. The minimum absolute atomic E-state index is 0.649. The number of hydrogen-bond donors (Lipinski definition) is 2. The van der Waals surface area contributed by atoms with Crippen LogP contribution in [0.15, 0.2) is 0 Å². The lowest BCUT2D eigenvalue weighted by atomic mass is 10.4. The van der Waals surface area contributed by atoms with Gasteiger partial charge in [0.25, 0.3) is 0 Å². The number of aromatic amines is 1. The number of H-pyrrole nitrogens is 1. The highest BCUT2D eigenvalue weighted by atomic mass is 15.3. The maximum Gasteiger partial charge on any atom is 0.153 e. The topological polar surface area (TPSA) is 56.8 Å². The first-order valence-corrected chi connectivity index (χ1v) is 6.26. The largest absolute Gasteiger partial charge is 0.315 e. The van der Waals surface area contributed by atoms with Crippen LogP contribution >= 0.6 is 0 Å². The second-order valence-electron chi connectivity index (χ2n) is 4.79. The van der Waals surface area contributed by atoms with Crippen LogP contribution in [0.4, 0.5) is 0 Å². The lowest BCUT2D eigenvalue weighted by Gasteiger charge is -2.17. The average molecular weight is 221 g/mol. The second-order valence-corrected chi connectivity index (χ2v) is 4.79. The maximum absolute atomic E-state index is 4.57. The molecule has 0 atom stereocenters. The summed E-state index contributed by atoms with van der Waals surface area (Å²) in [5.41, 5.74) is 0. The van der Waals surface area contributed by atoms with Crippen LogP contribution in [0.2, 0.25) is 0 Å². The molecular weight excluding hydrogens is 202 g/mol. The number of rotatable bonds is 3. The minimum atomic E-state index is 0.649. The van der Waals surface area contributed by atoms with Crippen LogP contribution in [-0.4, -0.2) is 46.3 Å². The number of aromatic nitrogens is 3. The van der Waals surface area contributed by atoms with Crippen LogP contribution in [-0.2, 0) is 6.54 Å². The lowest BCUT2D eigenvalue weighted by molar-refractivity contribution is 0.277. The Bertz CT molecular complexity index is 336. The lowest BCUT2D eigenvalue weighted by Crippen LogP contribution is -2.28. The molecule has 2 aliphatic rings. The van der Waals surface area contributed by atoms with E-state index in [1.54, 1.807) is 0 Å². The van der Waals surface area contributed by atoms with E-state index in [0.717, 1.165) is 44.4 Å². The van der Waals surface area contributed by atoms with E-state index in [9.17, 15) is 0 Å². The zero-order chi connectivity index (χ0) is 10.8. The van der Waals surface area contributed by atoms with Crippen LogP contribution in [0.25, 0.3) is 0 Å². The Hall–Kier alpha value is -0.940. The number of nitrogens with one attached hydrogen (secondary N) is 2. The maximum atomic E-state index is 4.57. The second kappa shape index (κ2) is 4.51. The van der Waals surface area contributed by atoms with Crippen LogP contribution in [0.3, 0.4) is 0 Å². The van der Waals surface area contributed by atoms with Gasteiger partial charge in [0.2, 0.25) is 0 Å². The molecule has 16 heavy (non-hydrogen) atoms. The van der Waals surface area contributed by atoms with E-state index in [2.05, 4.69) is 25.4 Å². The van der Waals surface area contributed by atoms with Gasteiger partial charge >= 0.3 is 0 Å². The highest BCUT2D eigenvalue weighted by Crippen LogP contribution is 2.37. The van der Waals surface area contributed by atoms with Crippen molar-refractivity contribution in [1.82, 2.24) is 25.4 Å². The summed E-state index contributed by atoms with van der Waals surface area (Å²) in [7, 11) is 0. The fourth-order valence-corrected chi connectivity index (χ4v) is 2.18. The molecule has 2 heterocycles. The fourth-order valence-electron chi connectivity index (χ4n) is 2.18. The molecule has 0 aromatic carbocycles. The van der Waals surface area contributed by atoms with Crippen LogP contribution in [0.5, 0.6) is 0 Å². The van der Waals surface area contributed by atoms with Crippen molar-refractivity contribution in [1.29, 1.82) is 0 Å². The Labute approximate surface area is 95.6 Å². The van der Waals surface area contributed by atoms with Crippen molar-refractivity contribution in [2.75, 3.05) is 26.2 Å². The van der Waals surface area contributed by atoms with Gasteiger partial charge in [0.1, 0.15) is 5.82 Å². The highest BCUT2D eigenvalue weighted by molar-refractivity contribution is 5.04. The van der Waals surface area contributed by atoms with Gasteiger partial charge in [-0.3, -0.25) is 10.00 Å². The molecule has 1 aliphatic heterocycles. The molecule has 1 saturated carbocycles. The molecule has 5 nitrogen and oxygen atoms in total. The number of hydrogen-bond acceptors (Lipinski definition) is 4. The molecule has 1 aromatic rings. The SMILES string of the molecule is C1CNCCN(Cc2nc(C3CC3)n[nH]2)C1. The molecule has 0 bridgehead atoms. The van der Waals surface area contributed by atoms with E-state index >= 15 is 0 Å². The predicted molar refractivity (Wildman–Crippen MR) is 61.1 cm³/mol. The normalized spacial score (nSPS) is 23.2. The van der Waals surface area contributed by atoms with Crippen molar-refractivity contribution in [2.45, 2.75) is 31.7 Å². The summed E-state index contributed by atoms with van der Waals surface area (Å²) in [4.78, 5) is 7.01. The van der Waals surface area contributed by atoms with E-state index in [-0.39, 0.29) is 0 Å². The Morgan fingerprint density at radius 3 is 3.06 bits per heavy atom. The van der Waals surface area contributed by atoms with Crippen LogP contribution in [0.1, 0.15) is 36.8 Å². The van der Waals surface area contributed by atoms with Gasteiger partial charge in [-0.15, -0.1) is 0 Å². The molecule has 1 aromatic heterocycles. The zero-order valence-electron chi connectivity index (χ0n) is 9.58. The molecule has 0 amide bonds. The zero-order valence-corrected chi connectivity index (χ0v) is 9.58. The molecule has 2 fully saturated rings.